The molecule has 5 rings (SSSR count). The Balaban J connectivity index is 1.42. The van der Waals surface area contributed by atoms with Crippen molar-refractivity contribution in [1.82, 2.24) is 19.8 Å². The first-order valence-corrected chi connectivity index (χ1v) is 12.2. The Bertz CT molecular complexity index is 1230. The van der Waals surface area contributed by atoms with Gasteiger partial charge in [-0.2, -0.15) is 4.98 Å². The third kappa shape index (κ3) is 3.96. The molecule has 1 N–H and O–H groups in total. The quantitative estimate of drug-likeness (QED) is 0.587. The van der Waals surface area contributed by atoms with E-state index in [-0.39, 0.29) is 12.6 Å². The molecule has 1 aromatic heterocycles. The molecule has 2 aromatic rings. The molecule has 0 bridgehead atoms. The first-order chi connectivity index (χ1) is 16.2. The van der Waals surface area contributed by atoms with E-state index >= 15 is 0 Å². The van der Waals surface area contributed by atoms with Crippen LogP contribution in [0.4, 0.5) is 17.5 Å². The van der Waals surface area contributed by atoms with Gasteiger partial charge in [0.25, 0.3) is 5.91 Å². The van der Waals surface area contributed by atoms with Gasteiger partial charge in [0.05, 0.1) is 17.4 Å². The summed E-state index contributed by atoms with van der Waals surface area (Å²) in [6.07, 6.45) is 5.81. The number of carbonyl (C=O) groups is 1. The summed E-state index contributed by atoms with van der Waals surface area (Å²) in [5.41, 5.74) is 5.02. The van der Waals surface area contributed by atoms with Gasteiger partial charge in [0.1, 0.15) is 11.4 Å². The van der Waals surface area contributed by atoms with Gasteiger partial charge in [0, 0.05) is 42.5 Å². The van der Waals surface area contributed by atoms with Crippen LogP contribution in [-0.2, 0) is 12.0 Å². The molecular formula is C25H28Cl2N6O. The molecule has 9 heteroatoms. The maximum Gasteiger partial charge on any atom is 0.265 e. The number of anilines is 3. The summed E-state index contributed by atoms with van der Waals surface area (Å²) in [6.45, 7) is 5.88. The van der Waals surface area contributed by atoms with Gasteiger partial charge in [-0.1, -0.05) is 35.3 Å². The number of hydrogen-bond acceptors (Lipinski definition) is 6. The number of halogens is 2. The SMILES string of the molecule is CC=C(Cl)C(=C(C)Cl)N1CN(C)c2nc(Nc3ccc4c(c3)CN(C)CC43CC3)ncc2C1=O. The lowest BCUT2D eigenvalue weighted by Gasteiger charge is -2.36. The van der Waals surface area contributed by atoms with Crippen molar-refractivity contribution in [1.29, 1.82) is 0 Å². The lowest BCUT2D eigenvalue weighted by molar-refractivity contribution is 0.0798. The van der Waals surface area contributed by atoms with Gasteiger partial charge in [-0.25, -0.2) is 4.98 Å². The summed E-state index contributed by atoms with van der Waals surface area (Å²) < 4.78 is 0. The topological polar surface area (TPSA) is 64.6 Å². The van der Waals surface area contributed by atoms with Gasteiger partial charge in [-0.05, 0) is 57.0 Å². The molecule has 1 aliphatic carbocycles. The highest BCUT2D eigenvalue weighted by Crippen LogP contribution is 2.52. The Morgan fingerprint density at radius 3 is 2.68 bits per heavy atom. The van der Waals surface area contributed by atoms with Crippen LogP contribution in [0.25, 0.3) is 0 Å². The van der Waals surface area contributed by atoms with Crippen LogP contribution in [0, 0.1) is 0 Å². The molecule has 1 fully saturated rings. The standard InChI is InChI=1S/C25H28Cl2N6O/c1-5-20(27)21(15(2)26)33-14-32(4)22-18(23(33)34)11-28-24(30-22)29-17-6-7-19-16(10-17)12-31(3)13-25(19)8-9-25/h5-7,10-11H,8-9,12-14H2,1-4H3,(H,28,29,30). The molecule has 2 aliphatic heterocycles. The van der Waals surface area contributed by atoms with E-state index in [9.17, 15) is 4.79 Å². The average molecular weight is 499 g/mol. The zero-order chi connectivity index (χ0) is 24.2. The molecule has 0 radical (unpaired) electrons. The average Bonchev–Trinajstić information content (AvgIpc) is 3.55. The molecule has 0 atom stereocenters. The Hall–Kier alpha value is -2.61. The van der Waals surface area contributed by atoms with Crippen molar-refractivity contribution in [3.8, 4) is 0 Å². The van der Waals surface area contributed by atoms with E-state index in [4.69, 9.17) is 23.2 Å². The fourth-order valence-corrected chi connectivity index (χ4v) is 5.62. The summed E-state index contributed by atoms with van der Waals surface area (Å²) in [5, 5.41) is 4.19. The first kappa shape index (κ1) is 23.1. The highest BCUT2D eigenvalue weighted by atomic mass is 35.5. The van der Waals surface area contributed by atoms with Gasteiger partial charge in [-0.15, -0.1) is 0 Å². The number of fused-ring (bicyclic) bond motifs is 3. The number of carbonyl (C=O) groups excluding carboxylic acids is 1. The monoisotopic (exact) mass is 498 g/mol. The summed E-state index contributed by atoms with van der Waals surface area (Å²) >= 11 is 12.6. The van der Waals surface area contributed by atoms with Crippen LogP contribution in [0.1, 0.15) is 48.2 Å². The summed E-state index contributed by atoms with van der Waals surface area (Å²) in [4.78, 5) is 28.2. The molecule has 3 heterocycles. The molecule has 1 aromatic carbocycles. The maximum atomic E-state index is 13.3. The van der Waals surface area contributed by atoms with Crippen molar-refractivity contribution in [2.24, 2.45) is 0 Å². The highest BCUT2D eigenvalue weighted by molar-refractivity contribution is 6.35. The molecule has 1 amide bonds. The third-order valence-electron chi connectivity index (χ3n) is 6.83. The zero-order valence-electron chi connectivity index (χ0n) is 19.8. The maximum absolute atomic E-state index is 13.3. The second-order valence-electron chi connectivity index (χ2n) is 9.47. The number of amides is 1. The van der Waals surface area contributed by atoms with Crippen molar-refractivity contribution in [3.63, 3.8) is 0 Å². The van der Waals surface area contributed by atoms with Crippen LogP contribution in [0.2, 0.25) is 0 Å². The molecule has 3 aliphatic rings. The number of nitrogens with zero attached hydrogens (tertiary/aromatic N) is 5. The summed E-state index contributed by atoms with van der Waals surface area (Å²) in [6, 6.07) is 6.55. The number of aromatic nitrogens is 2. The minimum absolute atomic E-state index is 0.235. The van der Waals surface area contributed by atoms with Gasteiger partial charge in [0.15, 0.2) is 0 Å². The van der Waals surface area contributed by atoms with Crippen molar-refractivity contribution in [2.75, 3.05) is 37.5 Å². The van der Waals surface area contributed by atoms with E-state index in [2.05, 4.69) is 45.4 Å². The van der Waals surface area contributed by atoms with Crippen LogP contribution in [-0.4, -0.2) is 53.0 Å². The minimum atomic E-state index is -0.235. The fourth-order valence-electron chi connectivity index (χ4n) is 5.13. The molecule has 7 nitrogen and oxygen atoms in total. The predicted molar refractivity (Wildman–Crippen MR) is 137 cm³/mol. The fraction of sp³-hybridized carbons (Fsp3) is 0.400. The zero-order valence-corrected chi connectivity index (χ0v) is 21.3. The Labute approximate surface area is 210 Å². The number of allylic oxidation sites excluding steroid dienone is 3. The van der Waals surface area contributed by atoms with Gasteiger partial charge in [0.2, 0.25) is 5.95 Å². The van der Waals surface area contributed by atoms with Gasteiger partial charge in [-0.3, -0.25) is 9.69 Å². The van der Waals surface area contributed by atoms with Crippen LogP contribution in [0.5, 0.6) is 0 Å². The Morgan fingerprint density at radius 2 is 2.00 bits per heavy atom. The predicted octanol–water partition coefficient (Wildman–Crippen LogP) is 5.16. The molecular weight excluding hydrogens is 471 g/mol. The molecule has 1 saturated carbocycles. The summed E-state index contributed by atoms with van der Waals surface area (Å²) in [7, 11) is 4.06. The largest absolute Gasteiger partial charge is 0.341 e. The normalized spacial score (nSPS) is 20.2. The van der Waals surface area contributed by atoms with Crippen LogP contribution < -0.4 is 10.2 Å². The van der Waals surface area contributed by atoms with E-state index in [1.54, 1.807) is 31.0 Å². The number of nitrogens with one attached hydrogen (secondary N) is 1. The van der Waals surface area contributed by atoms with Crippen LogP contribution >= 0.6 is 23.2 Å². The van der Waals surface area contributed by atoms with Crippen molar-refractivity contribution in [2.45, 2.75) is 38.6 Å². The van der Waals surface area contributed by atoms with Crippen molar-refractivity contribution >= 4 is 46.6 Å². The molecule has 178 valence electrons. The lowest BCUT2D eigenvalue weighted by atomic mass is 9.87. The Kier molecular flexibility index (Phi) is 5.82. The third-order valence-corrected chi connectivity index (χ3v) is 7.41. The molecule has 34 heavy (non-hydrogen) atoms. The highest BCUT2D eigenvalue weighted by Gasteiger charge is 2.48. The lowest BCUT2D eigenvalue weighted by Crippen LogP contribution is -2.45. The van der Waals surface area contributed by atoms with Gasteiger partial charge >= 0.3 is 0 Å². The number of benzene rings is 1. The number of hydrogen-bond donors (Lipinski definition) is 1. The van der Waals surface area contributed by atoms with Gasteiger partial charge < -0.3 is 15.1 Å². The van der Waals surface area contributed by atoms with E-state index in [0.29, 0.717) is 38.5 Å². The second kappa shape index (κ2) is 8.56. The van der Waals surface area contributed by atoms with Crippen molar-refractivity contribution < 1.29 is 4.79 Å². The first-order valence-electron chi connectivity index (χ1n) is 11.4. The number of likely N-dealkylation sites (N-methyl/N-ethyl adjacent to an activating group) is 1. The smallest absolute Gasteiger partial charge is 0.265 e. The van der Waals surface area contributed by atoms with Crippen molar-refractivity contribution in [3.05, 3.63) is 62.9 Å². The van der Waals surface area contributed by atoms with E-state index in [0.717, 1.165) is 18.8 Å². The van der Waals surface area contributed by atoms with E-state index in [1.165, 1.54) is 24.0 Å². The van der Waals surface area contributed by atoms with Crippen LogP contribution in [0.3, 0.4) is 0 Å². The van der Waals surface area contributed by atoms with Crippen LogP contribution in [0.15, 0.2) is 46.2 Å². The molecule has 0 unspecified atom stereocenters. The van der Waals surface area contributed by atoms with E-state index < -0.39 is 0 Å². The minimum Gasteiger partial charge on any atom is -0.341 e. The molecule has 1 spiro atoms. The Morgan fingerprint density at radius 1 is 1.24 bits per heavy atom. The number of rotatable bonds is 4. The van der Waals surface area contributed by atoms with E-state index in [1.807, 2.05) is 11.9 Å². The molecule has 0 saturated heterocycles. The summed E-state index contributed by atoms with van der Waals surface area (Å²) in [5.74, 6) is 0.783. The second-order valence-corrected chi connectivity index (χ2v) is 10.4.